The number of ketones is 1. The van der Waals surface area contributed by atoms with Gasteiger partial charge in [-0.3, -0.25) is 14.2 Å². The maximum Gasteiger partial charge on any atom is 0.167 e. The molecule has 8 heteroatoms. The highest BCUT2D eigenvalue weighted by molar-refractivity contribution is 6.04. The van der Waals surface area contributed by atoms with Crippen LogP contribution in [0.4, 0.5) is 11.5 Å². The molecule has 8 nitrogen and oxygen atoms in total. The molecule has 2 aromatic carbocycles. The molecule has 2 heterocycles. The molecule has 5 rings (SSSR count). The minimum absolute atomic E-state index is 0.0276. The van der Waals surface area contributed by atoms with Crippen molar-refractivity contribution >= 4 is 28.6 Å². The van der Waals surface area contributed by atoms with E-state index in [0.717, 1.165) is 58.1 Å². The van der Waals surface area contributed by atoms with Crippen LogP contribution in [0.25, 0.3) is 16.9 Å². The number of rotatable bonds is 6. The van der Waals surface area contributed by atoms with Crippen molar-refractivity contribution in [3.63, 3.8) is 0 Å². The molecule has 2 aromatic heterocycles. The van der Waals surface area contributed by atoms with E-state index in [9.17, 15) is 10.0 Å². The average Bonchev–Trinajstić information content (AvgIpc) is 3.39. The van der Waals surface area contributed by atoms with Gasteiger partial charge < -0.3 is 15.3 Å². The van der Waals surface area contributed by atoms with E-state index in [1.54, 1.807) is 12.4 Å². The highest BCUT2D eigenvalue weighted by atomic mass is 16.5. The Balaban J connectivity index is 1.51. The van der Waals surface area contributed by atoms with E-state index in [0.29, 0.717) is 5.75 Å². The summed E-state index contributed by atoms with van der Waals surface area (Å²) in [5, 5.41) is 16.1. The maximum absolute atomic E-state index is 11.2. The van der Waals surface area contributed by atoms with Gasteiger partial charge >= 0.3 is 0 Å². The van der Waals surface area contributed by atoms with Crippen LogP contribution in [0.15, 0.2) is 66.2 Å². The van der Waals surface area contributed by atoms with Gasteiger partial charge in [0.05, 0.1) is 11.9 Å². The summed E-state index contributed by atoms with van der Waals surface area (Å²) in [6.07, 6.45) is 6.87. The second-order valence-electron chi connectivity index (χ2n) is 7.67. The Morgan fingerprint density at radius 3 is 2.84 bits per heavy atom. The zero-order valence-electron chi connectivity index (χ0n) is 17.4. The molecule has 0 atom stereocenters. The molecular formula is C24H21N5O3. The lowest BCUT2D eigenvalue weighted by Crippen LogP contribution is -2.06. The van der Waals surface area contributed by atoms with Crippen LogP contribution in [-0.2, 0) is 11.2 Å². The number of aromatic nitrogens is 3. The van der Waals surface area contributed by atoms with Crippen LogP contribution < -0.4 is 10.1 Å². The van der Waals surface area contributed by atoms with Gasteiger partial charge in [0.1, 0.15) is 23.9 Å². The molecule has 32 heavy (non-hydrogen) atoms. The molecule has 1 aliphatic rings. The van der Waals surface area contributed by atoms with Gasteiger partial charge in [0.15, 0.2) is 11.4 Å². The number of aryl methyl sites for hydroxylation is 1. The smallest absolute Gasteiger partial charge is 0.167 e. The summed E-state index contributed by atoms with van der Waals surface area (Å²) in [5.41, 5.74) is 6.17. The molecule has 4 aromatic rings. The Labute approximate surface area is 184 Å². The van der Waals surface area contributed by atoms with Gasteiger partial charge in [-0.05, 0) is 61.7 Å². The van der Waals surface area contributed by atoms with Crippen molar-refractivity contribution in [2.24, 2.45) is 5.16 Å². The summed E-state index contributed by atoms with van der Waals surface area (Å²) in [7, 11) is 0. The predicted octanol–water partition coefficient (Wildman–Crippen LogP) is 4.23. The van der Waals surface area contributed by atoms with Crippen molar-refractivity contribution in [1.82, 2.24) is 14.4 Å². The molecule has 0 spiro atoms. The van der Waals surface area contributed by atoms with Crippen molar-refractivity contribution in [1.29, 1.82) is 0 Å². The number of oxime groups is 1. The first-order valence-corrected chi connectivity index (χ1v) is 10.3. The first-order valence-electron chi connectivity index (χ1n) is 10.3. The number of anilines is 2. The molecular weight excluding hydrogens is 406 g/mol. The highest BCUT2D eigenvalue weighted by Gasteiger charge is 2.20. The number of hydrogen-bond acceptors (Lipinski definition) is 7. The van der Waals surface area contributed by atoms with E-state index in [1.807, 2.05) is 47.0 Å². The third kappa shape index (κ3) is 3.66. The molecule has 0 saturated carbocycles. The van der Waals surface area contributed by atoms with E-state index in [4.69, 9.17) is 9.72 Å². The molecule has 0 amide bonds. The molecule has 0 saturated heterocycles. The van der Waals surface area contributed by atoms with Crippen LogP contribution >= 0.6 is 0 Å². The standard InChI is InChI=1S/C24H21N5O3/c1-15(30)14-32-19-6-2-16(3-7-19)23-24(29-11-10-25-13-22(29)27-23)26-18-5-8-20-17(12-18)4-9-21(20)28-31/h2-3,5-8,10-13,26,31H,4,9,14H2,1H3. The summed E-state index contributed by atoms with van der Waals surface area (Å²) in [6, 6.07) is 13.5. The molecule has 1 aliphatic carbocycles. The van der Waals surface area contributed by atoms with Gasteiger partial charge in [0.25, 0.3) is 0 Å². The lowest BCUT2D eigenvalue weighted by Gasteiger charge is -2.11. The normalized spacial score (nSPS) is 14.0. The minimum atomic E-state index is -0.0276. The Bertz CT molecular complexity index is 1340. The summed E-state index contributed by atoms with van der Waals surface area (Å²) in [4.78, 5) is 20.1. The van der Waals surface area contributed by atoms with E-state index < -0.39 is 0 Å². The number of ether oxygens (including phenoxy) is 1. The number of imidazole rings is 1. The van der Waals surface area contributed by atoms with Gasteiger partial charge in [-0.2, -0.15) is 0 Å². The zero-order chi connectivity index (χ0) is 22.1. The fourth-order valence-corrected chi connectivity index (χ4v) is 3.91. The summed E-state index contributed by atoms with van der Waals surface area (Å²) in [6.45, 7) is 1.54. The van der Waals surface area contributed by atoms with Crippen LogP contribution in [0.5, 0.6) is 5.75 Å². The topological polar surface area (TPSA) is 101 Å². The van der Waals surface area contributed by atoms with Gasteiger partial charge in [-0.15, -0.1) is 0 Å². The first kappa shape index (κ1) is 19.7. The fourth-order valence-electron chi connectivity index (χ4n) is 3.91. The number of Topliss-reactive ketones (excluding diaryl/α,β-unsaturated/α-hetero) is 1. The number of carbonyl (C=O) groups excluding carboxylic acids is 1. The number of nitrogens with one attached hydrogen (secondary N) is 1. The lowest BCUT2D eigenvalue weighted by atomic mass is 10.1. The van der Waals surface area contributed by atoms with Crippen LogP contribution in [0.1, 0.15) is 24.5 Å². The van der Waals surface area contributed by atoms with Crippen molar-refractivity contribution in [3.05, 3.63) is 72.2 Å². The van der Waals surface area contributed by atoms with E-state index in [-0.39, 0.29) is 12.4 Å². The first-order chi connectivity index (χ1) is 15.6. The minimum Gasteiger partial charge on any atom is -0.486 e. The Morgan fingerprint density at radius 2 is 2.06 bits per heavy atom. The summed E-state index contributed by atoms with van der Waals surface area (Å²) >= 11 is 0. The third-order valence-electron chi connectivity index (χ3n) is 5.43. The quantitative estimate of drug-likeness (QED) is 0.353. The molecule has 0 bridgehead atoms. The zero-order valence-corrected chi connectivity index (χ0v) is 17.4. The lowest BCUT2D eigenvalue weighted by molar-refractivity contribution is -0.118. The molecule has 0 aliphatic heterocycles. The SMILES string of the molecule is CC(=O)COc1ccc(-c2nc3cnccn3c2Nc2ccc3c(c2)CCC3=NO)cc1. The molecule has 160 valence electrons. The van der Waals surface area contributed by atoms with Crippen LogP contribution in [-0.4, -0.2) is 37.7 Å². The number of hydrogen-bond donors (Lipinski definition) is 2. The molecule has 2 N–H and O–H groups in total. The maximum atomic E-state index is 11.2. The predicted molar refractivity (Wildman–Crippen MR) is 121 cm³/mol. The van der Waals surface area contributed by atoms with Gasteiger partial charge in [-0.1, -0.05) is 11.2 Å². The number of benzene rings is 2. The largest absolute Gasteiger partial charge is 0.486 e. The Kier molecular flexibility index (Phi) is 5.03. The Morgan fingerprint density at radius 1 is 1.22 bits per heavy atom. The van der Waals surface area contributed by atoms with E-state index >= 15 is 0 Å². The van der Waals surface area contributed by atoms with Crippen molar-refractivity contribution in [3.8, 4) is 17.0 Å². The highest BCUT2D eigenvalue weighted by Crippen LogP contribution is 2.33. The van der Waals surface area contributed by atoms with Crippen molar-refractivity contribution in [2.75, 3.05) is 11.9 Å². The van der Waals surface area contributed by atoms with Gasteiger partial charge in [-0.25, -0.2) is 4.98 Å². The van der Waals surface area contributed by atoms with Gasteiger partial charge in [0, 0.05) is 29.2 Å². The van der Waals surface area contributed by atoms with Crippen molar-refractivity contribution < 1.29 is 14.7 Å². The molecule has 0 radical (unpaired) electrons. The van der Waals surface area contributed by atoms with E-state index in [2.05, 4.69) is 21.5 Å². The van der Waals surface area contributed by atoms with E-state index in [1.165, 1.54) is 6.92 Å². The second-order valence-corrected chi connectivity index (χ2v) is 7.67. The van der Waals surface area contributed by atoms with Crippen molar-refractivity contribution in [2.45, 2.75) is 19.8 Å². The summed E-state index contributed by atoms with van der Waals surface area (Å²) < 4.78 is 7.43. The van der Waals surface area contributed by atoms with Crippen LogP contribution in [0.2, 0.25) is 0 Å². The van der Waals surface area contributed by atoms with Gasteiger partial charge in [0.2, 0.25) is 0 Å². The third-order valence-corrected chi connectivity index (χ3v) is 5.43. The molecule has 0 unspecified atom stereocenters. The van der Waals surface area contributed by atoms with Crippen LogP contribution in [0, 0.1) is 0 Å². The van der Waals surface area contributed by atoms with Crippen LogP contribution in [0.3, 0.4) is 0 Å². The fraction of sp³-hybridized carbons (Fsp3) is 0.167. The number of carbonyl (C=O) groups is 1. The molecule has 0 fully saturated rings. The monoisotopic (exact) mass is 427 g/mol. The number of fused-ring (bicyclic) bond motifs is 2. The summed E-state index contributed by atoms with van der Waals surface area (Å²) in [5.74, 6) is 1.41. The second kappa shape index (κ2) is 8.14. The average molecular weight is 427 g/mol. The number of nitrogens with zero attached hydrogens (tertiary/aromatic N) is 4. The Hall–Kier alpha value is -4.20.